The van der Waals surface area contributed by atoms with Gasteiger partial charge in [-0.3, -0.25) is 14.9 Å². The fourth-order valence-electron chi connectivity index (χ4n) is 4.05. The molecule has 2 aliphatic heterocycles. The Morgan fingerprint density at radius 3 is 2.29 bits per heavy atom. The van der Waals surface area contributed by atoms with Gasteiger partial charge in [0.2, 0.25) is 11.8 Å². The lowest BCUT2D eigenvalue weighted by Gasteiger charge is -2.31. The molecule has 0 spiro atoms. The predicted octanol–water partition coefficient (Wildman–Crippen LogP) is 5.54. The van der Waals surface area contributed by atoms with Crippen LogP contribution in [0.1, 0.15) is 79.1 Å². The van der Waals surface area contributed by atoms with Crippen molar-refractivity contribution >= 4 is 11.8 Å². The third kappa shape index (κ3) is 8.58. The monoisotopic (exact) mass is 429 g/mol. The van der Waals surface area contributed by atoms with Gasteiger partial charge >= 0.3 is 0 Å². The molecule has 2 aliphatic rings. The molecular weight excluding hydrogens is 390 g/mol. The van der Waals surface area contributed by atoms with Crippen molar-refractivity contribution in [1.82, 2.24) is 5.32 Å². The zero-order chi connectivity index (χ0) is 22.8. The van der Waals surface area contributed by atoms with E-state index in [0.717, 1.165) is 44.1 Å². The first-order valence-corrected chi connectivity index (χ1v) is 11.5. The Balaban J connectivity index is 1.77. The molecule has 5 heteroatoms. The maximum atomic E-state index is 11.9. The number of nitrogens with one attached hydrogen (secondary N) is 1. The lowest BCUT2D eigenvalue weighted by molar-refractivity contribution is -0.160. The number of carbonyl (C=O) groups is 2. The molecule has 0 aromatic rings. The van der Waals surface area contributed by atoms with E-state index in [9.17, 15) is 9.59 Å². The molecule has 1 saturated heterocycles. The van der Waals surface area contributed by atoms with Crippen LogP contribution in [-0.2, 0) is 19.1 Å². The zero-order valence-corrected chi connectivity index (χ0v) is 19.8. The summed E-state index contributed by atoms with van der Waals surface area (Å²) in [7, 11) is 1.62. The van der Waals surface area contributed by atoms with Crippen LogP contribution in [-0.4, -0.2) is 31.3 Å². The quantitative estimate of drug-likeness (QED) is 0.346. The highest BCUT2D eigenvalue weighted by Gasteiger charge is 2.40. The van der Waals surface area contributed by atoms with Crippen molar-refractivity contribution in [1.29, 1.82) is 0 Å². The van der Waals surface area contributed by atoms with E-state index in [1.54, 1.807) is 7.11 Å². The number of carbonyl (C=O) groups excluding carboxylic acids is 2. The van der Waals surface area contributed by atoms with Crippen molar-refractivity contribution in [2.45, 2.75) is 91.5 Å². The van der Waals surface area contributed by atoms with Crippen molar-refractivity contribution in [2.75, 3.05) is 7.11 Å². The van der Waals surface area contributed by atoms with Gasteiger partial charge in [-0.05, 0) is 78.2 Å². The fraction of sp³-hybridized carbons (Fsp3) is 0.615. The summed E-state index contributed by atoms with van der Waals surface area (Å²) < 4.78 is 11.5. The number of ether oxygens (including phenoxy) is 2. The molecule has 3 atom stereocenters. The topological polar surface area (TPSA) is 64.6 Å². The minimum absolute atomic E-state index is 0.202. The highest BCUT2D eigenvalue weighted by molar-refractivity contribution is 6.03. The second-order valence-corrected chi connectivity index (χ2v) is 8.98. The van der Waals surface area contributed by atoms with Crippen LogP contribution < -0.4 is 5.32 Å². The molecule has 5 nitrogen and oxygen atoms in total. The molecule has 2 amide bonds. The molecule has 3 unspecified atom stereocenters. The number of allylic oxidation sites excluding steroid dienone is 6. The maximum absolute atomic E-state index is 11.9. The van der Waals surface area contributed by atoms with E-state index in [1.165, 1.54) is 16.7 Å². The molecule has 1 fully saturated rings. The Morgan fingerprint density at radius 2 is 1.71 bits per heavy atom. The first kappa shape index (κ1) is 25.3. The van der Waals surface area contributed by atoms with Crippen LogP contribution in [0.25, 0.3) is 0 Å². The molecule has 0 saturated carbocycles. The third-order valence-corrected chi connectivity index (χ3v) is 5.93. The van der Waals surface area contributed by atoms with E-state index >= 15 is 0 Å². The van der Waals surface area contributed by atoms with Crippen LogP contribution in [0.3, 0.4) is 0 Å². The number of methoxy groups -OCH3 is 1. The highest BCUT2D eigenvalue weighted by Crippen LogP contribution is 2.30. The van der Waals surface area contributed by atoms with Crippen molar-refractivity contribution in [3.63, 3.8) is 0 Å². The number of amides is 2. The van der Waals surface area contributed by atoms with E-state index in [1.807, 2.05) is 0 Å². The van der Waals surface area contributed by atoms with Gasteiger partial charge in [-0.15, -0.1) is 0 Å². The summed E-state index contributed by atoms with van der Waals surface area (Å²) in [4.78, 5) is 23.4. The molecule has 31 heavy (non-hydrogen) atoms. The number of hydrogen-bond acceptors (Lipinski definition) is 4. The summed E-state index contributed by atoms with van der Waals surface area (Å²) in [5.74, 6) is -0.869. The van der Waals surface area contributed by atoms with Crippen molar-refractivity contribution in [2.24, 2.45) is 5.92 Å². The molecular formula is C26H39NO4. The first-order valence-electron chi connectivity index (χ1n) is 11.5. The van der Waals surface area contributed by atoms with E-state index in [0.29, 0.717) is 6.42 Å². The summed E-state index contributed by atoms with van der Waals surface area (Å²) in [6.07, 6.45) is 15.4. The molecule has 2 heterocycles. The molecule has 0 aromatic carbocycles. The Bertz CT molecular complexity index is 755. The first-order chi connectivity index (χ1) is 14.8. The summed E-state index contributed by atoms with van der Waals surface area (Å²) in [5, 5.41) is 2.36. The van der Waals surface area contributed by atoms with Gasteiger partial charge < -0.3 is 9.47 Å². The molecule has 0 bridgehead atoms. The largest absolute Gasteiger partial charge is 0.352 e. The minimum atomic E-state index is -0.442. The average molecular weight is 430 g/mol. The second kappa shape index (κ2) is 12.8. The number of rotatable bonds is 11. The fourth-order valence-corrected chi connectivity index (χ4v) is 4.05. The lowest BCUT2D eigenvalue weighted by atomic mass is 9.93. The van der Waals surface area contributed by atoms with Crippen molar-refractivity contribution in [3.05, 3.63) is 46.6 Å². The van der Waals surface area contributed by atoms with E-state index in [4.69, 9.17) is 9.47 Å². The molecule has 2 rings (SSSR count). The van der Waals surface area contributed by atoms with Gasteiger partial charge in [0, 0.05) is 13.5 Å². The van der Waals surface area contributed by atoms with Gasteiger partial charge in [0.1, 0.15) is 0 Å². The van der Waals surface area contributed by atoms with E-state index < -0.39 is 12.2 Å². The number of hydrogen-bond donors (Lipinski definition) is 1. The Kier molecular flexibility index (Phi) is 10.4. The van der Waals surface area contributed by atoms with Crippen LogP contribution in [0.15, 0.2) is 46.6 Å². The predicted molar refractivity (Wildman–Crippen MR) is 124 cm³/mol. The summed E-state index contributed by atoms with van der Waals surface area (Å²) >= 11 is 0. The van der Waals surface area contributed by atoms with Crippen LogP contribution in [0.4, 0.5) is 0 Å². The summed E-state index contributed by atoms with van der Waals surface area (Å²) in [6.45, 7) is 8.70. The Labute approximate surface area is 187 Å². The second-order valence-electron chi connectivity index (χ2n) is 8.98. The Morgan fingerprint density at radius 1 is 1.06 bits per heavy atom. The molecule has 172 valence electrons. The van der Waals surface area contributed by atoms with Gasteiger partial charge in [0.05, 0.1) is 12.0 Å². The van der Waals surface area contributed by atoms with Gasteiger partial charge in [-0.25, -0.2) is 0 Å². The van der Waals surface area contributed by atoms with Crippen molar-refractivity contribution in [3.8, 4) is 0 Å². The molecule has 0 radical (unpaired) electrons. The van der Waals surface area contributed by atoms with Crippen LogP contribution in [0.5, 0.6) is 0 Å². The standard InChI is InChI=1S/C26H39NO4/c1-18(2)9-6-10-19(3)11-7-12-20(4)13-8-14-21-15-16-23(31-26(21)30-5)22-17-24(28)27-25(22)29/h9,11,13,15,22-23,26H,6-8,10,12,14,16-17H2,1-5H3,(H,27,28,29). The summed E-state index contributed by atoms with van der Waals surface area (Å²) in [5.41, 5.74) is 5.36. The molecule has 1 N–H and O–H groups in total. The normalized spacial score (nSPS) is 24.8. The van der Waals surface area contributed by atoms with E-state index in [-0.39, 0.29) is 24.3 Å². The maximum Gasteiger partial charge on any atom is 0.232 e. The number of imide groups is 1. The Hall–Kier alpha value is -1.98. The molecule has 0 aliphatic carbocycles. The van der Waals surface area contributed by atoms with Gasteiger partial charge in [-0.2, -0.15) is 0 Å². The lowest BCUT2D eigenvalue weighted by Crippen LogP contribution is -2.37. The summed E-state index contributed by atoms with van der Waals surface area (Å²) in [6, 6.07) is 0. The molecule has 0 aromatic heterocycles. The van der Waals surface area contributed by atoms with Crippen LogP contribution in [0, 0.1) is 5.92 Å². The van der Waals surface area contributed by atoms with Gasteiger partial charge in [-0.1, -0.05) is 41.0 Å². The average Bonchev–Trinajstić information content (AvgIpc) is 3.05. The minimum Gasteiger partial charge on any atom is -0.352 e. The third-order valence-electron chi connectivity index (χ3n) is 5.93. The van der Waals surface area contributed by atoms with Gasteiger partial charge in [0.25, 0.3) is 0 Å². The van der Waals surface area contributed by atoms with Crippen LogP contribution >= 0.6 is 0 Å². The smallest absolute Gasteiger partial charge is 0.232 e. The SMILES string of the molecule is COC1OC(C2CC(=O)NC2=O)CC=C1CCC=C(C)CCC=C(C)CCC=C(C)C. The highest BCUT2D eigenvalue weighted by atomic mass is 16.7. The van der Waals surface area contributed by atoms with E-state index in [2.05, 4.69) is 57.3 Å². The zero-order valence-electron chi connectivity index (χ0n) is 19.8. The van der Waals surface area contributed by atoms with Crippen LogP contribution in [0.2, 0.25) is 0 Å². The van der Waals surface area contributed by atoms with Crippen molar-refractivity contribution < 1.29 is 19.1 Å². The van der Waals surface area contributed by atoms with Gasteiger partial charge in [0.15, 0.2) is 6.29 Å².